The van der Waals surface area contributed by atoms with Gasteiger partial charge in [0.2, 0.25) is 0 Å². The molecule has 0 aliphatic carbocycles. The third kappa shape index (κ3) is 4.56. The van der Waals surface area contributed by atoms with Crippen molar-refractivity contribution in [3.05, 3.63) is 65.3 Å². The first kappa shape index (κ1) is 20.5. The van der Waals surface area contributed by atoms with Crippen LogP contribution >= 0.6 is 11.6 Å². The lowest BCUT2D eigenvalue weighted by Gasteiger charge is -2.16. The summed E-state index contributed by atoms with van der Waals surface area (Å²) in [7, 11) is 0. The Bertz CT molecular complexity index is 1260. The standard InChI is InChI=1S/C21H17ClFN5O3/c1-11(12-3-2-4-14(5-12)31-10-18(29)30)27-21-17(23)9-26-20(28-21)16-8-25-19-15(16)6-13(22)7-24-19/h2-9,11H,10H2,1H3,(H,24,25)(H,29,30)(H,26,27,28)/t11-/m0/s1. The van der Waals surface area contributed by atoms with Crippen molar-refractivity contribution in [1.29, 1.82) is 0 Å². The number of carboxylic acid groups (broad SMARTS) is 1. The first-order chi connectivity index (χ1) is 14.9. The number of nitrogens with zero attached hydrogens (tertiary/aromatic N) is 3. The second-order valence-electron chi connectivity index (χ2n) is 6.76. The number of carbonyl (C=O) groups is 1. The van der Waals surface area contributed by atoms with Crippen molar-refractivity contribution in [2.75, 3.05) is 11.9 Å². The first-order valence-corrected chi connectivity index (χ1v) is 9.65. The van der Waals surface area contributed by atoms with E-state index in [1.54, 1.807) is 30.5 Å². The summed E-state index contributed by atoms with van der Waals surface area (Å²) >= 11 is 6.05. The smallest absolute Gasteiger partial charge is 0.341 e. The molecule has 3 aromatic heterocycles. The van der Waals surface area contributed by atoms with Gasteiger partial charge in [-0.25, -0.2) is 24.1 Å². The summed E-state index contributed by atoms with van der Waals surface area (Å²) in [6.07, 6.45) is 4.32. The maximum absolute atomic E-state index is 14.4. The van der Waals surface area contributed by atoms with E-state index in [-0.39, 0.29) is 11.9 Å². The van der Waals surface area contributed by atoms with Gasteiger partial charge in [0, 0.05) is 23.3 Å². The molecule has 158 valence electrons. The third-order valence-corrected chi connectivity index (χ3v) is 4.76. The van der Waals surface area contributed by atoms with E-state index in [9.17, 15) is 9.18 Å². The number of pyridine rings is 1. The molecule has 0 aliphatic heterocycles. The van der Waals surface area contributed by atoms with Crippen molar-refractivity contribution in [3.8, 4) is 17.1 Å². The molecule has 0 saturated heterocycles. The topological polar surface area (TPSA) is 113 Å². The molecule has 10 heteroatoms. The predicted octanol–water partition coefficient (Wildman–Crippen LogP) is 4.45. The Labute approximate surface area is 181 Å². The zero-order valence-corrected chi connectivity index (χ0v) is 17.0. The Morgan fingerprint density at radius 2 is 2.16 bits per heavy atom. The Morgan fingerprint density at radius 3 is 2.97 bits per heavy atom. The number of hydrogen-bond donors (Lipinski definition) is 3. The number of aromatic nitrogens is 4. The molecule has 0 radical (unpaired) electrons. The molecule has 3 heterocycles. The number of H-pyrrole nitrogens is 1. The molecule has 0 fully saturated rings. The van der Waals surface area contributed by atoms with Crippen molar-refractivity contribution in [1.82, 2.24) is 19.9 Å². The van der Waals surface area contributed by atoms with Crippen LogP contribution in [0.1, 0.15) is 18.5 Å². The molecule has 31 heavy (non-hydrogen) atoms. The van der Waals surface area contributed by atoms with Crippen molar-refractivity contribution in [2.24, 2.45) is 0 Å². The number of benzene rings is 1. The van der Waals surface area contributed by atoms with Crippen LogP contribution in [0.4, 0.5) is 10.2 Å². The lowest BCUT2D eigenvalue weighted by atomic mass is 10.1. The molecule has 0 bridgehead atoms. The maximum atomic E-state index is 14.4. The van der Waals surface area contributed by atoms with Gasteiger partial charge in [-0.3, -0.25) is 0 Å². The monoisotopic (exact) mass is 441 g/mol. The first-order valence-electron chi connectivity index (χ1n) is 9.27. The van der Waals surface area contributed by atoms with Crippen LogP contribution in [0.25, 0.3) is 22.4 Å². The number of ether oxygens (including phenoxy) is 1. The molecule has 8 nitrogen and oxygen atoms in total. The molecule has 4 aromatic rings. The van der Waals surface area contributed by atoms with Crippen molar-refractivity contribution < 1.29 is 19.0 Å². The number of anilines is 1. The molecule has 1 atom stereocenters. The van der Waals surface area contributed by atoms with Gasteiger partial charge >= 0.3 is 5.97 Å². The van der Waals surface area contributed by atoms with Crippen LogP contribution in [0.5, 0.6) is 5.75 Å². The average molecular weight is 442 g/mol. The van der Waals surface area contributed by atoms with E-state index in [0.717, 1.165) is 17.1 Å². The van der Waals surface area contributed by atoms with E-state index >= 15 is 0 Å². The summed E-state index contributed by atoms with van der Waals surface area (Å²) in [5, 5.41) is 13.0. The maximum Gasteiger partial charge on any atom is 0.341 e. The van der Waals surface area contributed by atoms with Crippen LogP contribution in [0.3, 0.4) is 0 Å². The highest BCUT2D eigenvalue weighted by atomic mass is 35.5. The Balaban J connectivity index is 1.60. The molecule has 0 saturated carbocycles. The van der Waals surface area contributed by atoms with Crippen LogP contribution in [-0.2, 0) is 4.79 Å². The van der Waals surface area contributed by atoms with Crippen molar-refractivity contribution in [3.63, 3.8) is 0 Å². The van der Waals surface area contributed by atoms with Gasteiger partial charge in [-0.2, -0.15) is 0 Å². The van der Waals surface area contributed by atoms with Crippen LogP contribution in [0.15, 0.2) is 48.9 Å². The highest BCUT2D eigenvalue weighted by molar-refractivity contribution is 6.31. The van der Waals surface area contributed by atoms with E-state index in [4.69, 9.17) is 21.4 Å². The number of hydrogen-bond acceptors (Lipinski definition) is 6. The fourth-order valence-corrected chi connectivity index (χ4v) is 3.23. The van der Waals surface area contributed by atoms with Gasteiger partial charge in [-0.1, -0.05) is 23.7 Å². The molecule has 3 N–H and O–H groups in total. The highest BCUT2D eigenvalue weighted by Gasteiger charge is 2.16. The fraction of sp³-hybridized carbons (Fsp3) is 0.143. The Kier molecular flexibility index (Phi) is 5.68. The molecule has 0 amide bonds. The lowest BCUT2D eigenvalue weighted by Crippen LogP contribution is -2.12. The molecular formula is C21H17ClFN5O3. The molecule has 0 aliphatic rings. The SMILES string of the molecule is C[C@H](Nc1nc(-c2c[nH]c3ncc(Cl)cc23)ncc1F)c1cccc(OCC(=O)O)c1. The van der Waals surface area contributed by atoms with Crippen LogP contribution < -0.4 is 10.1 Å². The van der Waals surface area contributed by atoms with Gasteiger partial charge in [0.25, 0.3) is 0 Å². The van der Waals surface area contributed by atoms with E-state index in [0.29, 0.717) is 27.8 Å². The summed E-state index contributed by atoms with van der Waals surface area (Å²) in [4.78, 5) is 26.4. The lowest BCUT2D eigenvalue weighted by molar-refractivity contribution is -0.139. The molecule has 1 aromatic carbocycles. The van der Waals surface area contributed by atoms with E-state index in [1.807, 2.05) is 13.0 Å². The van der Waals surface area contributed by atoms with Gasteiger partial charge < -0.3 is 20.1 Å². The number of halogens is 2. The Hall–Kier alpha value is -3.72. The van der Waals surface area contributed by atoms with Crippen molar-refractivity contribution >= 4 is 34.4 Å². The normalized spacial score (nSPS) is 12.0. The third-order valence-electron chi connectivity index (χ3n) is 4.56. The highest BCUT2D eigenvalue weighted by Crippen LogP contribution is 2.29. The zero-order chi connectivity index (χ0) is 22.0. The zero-order valence-electron chi connectivity index (χ0n) is 16.3. The number of aliphatic carboxylic acids is 1. The summed E-state index contributed by atoms with van der Waals surface area (Å²) in [6, 6.07) is 8.28. The predicted molar refractivity (Wildman–Crippen MR) is 114 cm³/mol. The average Bonchev–Trinajstić information content (AvgIpc) is 3.17. The van der Waals surface area contributed by atoms with Crippen LogP contribution in [0, 0.1) is 5.82 Å². The minimum Gasteiger partial charge on any atom is -0.482 e. The van der Waals surface area contributed by atoms with Crippen molar-refractivity contribution in [2.45, 2.75) is 13.0 Å². The fourth-order valence-electron chi connectivity index (χ4n) is 3.07. The minimum absolute atomic E-state index is 0.0266. The van der Waals surface area contributed by atoms with E-state index < -0.39 is 18.4 Å². The Morgan fingerprint density at radius 1 is 1.32 bits per heavy atom. The van der Waals surface area contributed by atoms with Crippen LogP contribution in [-0.4, -0.2) is 37.6 Å². The van der Waals surface area contributed by atoms with E-state index in [2.05, 4.69) is 25.3 Å². The van der Waals surface area contributed by atoms with Gasteiger partial charge in [0.1, 0.15) is 11.4 Å². The van der Waals surface area contributed by atoms with Gasteiger partial charge in [-0.15, -0.1) is 0 Å². The number of nitrogens with one attached hydrogen (secondary N) is 2. The molecule has 0 unspecified atom stereocenters. The van der Waals surface area contributed by atoms with E-state index in [1.165, 1.54) is 6.20 Å². The summed E-state index contributed by atoms with van der Waals surface area (Å²) in [5.74, 6) is -0.935. The number of fused-ring (bicyclic) bond motifs is 1. The second kappa shape index (κ2) is 8.57. The summed E-state index contributed by atoms with van der Waals surface area (Å²) in [5.41, 5.74) is 2.03. The minimum atomic E-state index is -1.07. The summed E-state index contributed by atoms with van der Waals surface area (Å²) < 4.78 is 19.6. The largest absolute Gasteiger partial charge is 0.482 e. The van der Waals surface area contributed by atoms with Gasteiger partial charge in [0.05, 0.1) is 17.3 Å². The van der Waals surface area contributed by atoms with Crippen LogP contribution in [0.2, 0.25) is 5.02 Å². The number of carboxylic acids is 1. The number of aromatic amines is 1. The molecule has 0 spiro atoms. The van der Waals surface area contributed by atoms with Gasteiger partial charge in [-0.05, 0) is 30.7 Å². The molecular weight excluding hydrogens is 425 g/mol. The summed E-state index contributed by atoms with van der Waals surface area (Å²) in [6.45, 7) is 1.38. The second-order valence-corrected chi connectivity index (χ2v) is 7.20. The molecule has 4 rings (SSSR count). The number of rotatable bonds is 7. The quantitative estimate of drug-likeness (QED) is 0.388. The van der Waals surface area contributed by atoms with Gasteiger partial charge in [0.15, 0.2) is 24.1 Å².